The maximum Gasteiger partial charge on any atom is 0.226 e. The Hall–Kier alpha value is -3.41. The minimum Gasteiger partial charge on any atom is -0.491 e. The lowest BCUT2D eigenvalue weighted by Gasteiger charge is -2.24. The van der Waals surface area contributed by atoms with Crippen molar-refractivity contribution in [1.29, 1.82) is 0 Å². The fraction of sp³-hybridized carbons (Fsp3) is 0.370. The highest BCUT2D eigenvalue weighted by Crippen LogP contribution is 2.40. The molecule has 33 heavy (non-hydrogen) atoms. The first-order valence-corrected chi connectivity index (χ1v) is 11.6. The van der Waals surface area contributed by atoms with Gasteiger partial charge in [-0.25, -0.2) is 0 Å². The molecule has 6 nitrogen and oxygen atoms in total. The van der Waals surface area contributed by atoms with E-state index in [-0.39, 0.29) is 24.0 Å². The van der Waals surface area contributed by atoms with Crippen LogP contribution in [0.5, 0.6) is 5.75 Å². The van der Waals surface area contributed by atoms with Crippen LogP contribution in [-0.4, -0.2) is 47.3 Å². The van der Waals surface area contributed by atoms with E-state index in [1.165, 1.54) is 12.8 Å². The van der Waals surface area contributed by atoms with E-state index < -0.39 is 0 Å². The van der Waals surface area contributed by atoms with Crippen molar-refractivity contribution in [2.45, 2.75) is 32.1 Å². The minimum absolute atomic E-state index is 0.00729. The molecule has 3 aromatic rings. The van der Waals surface area contributed by atoms with E-state index >= 15 is 0 Å². The first kappa shape index (κ1) is 21.4. The van der Waals surface area contributed by atoms with Gasteiger partial charge in [-0.15, -0.1) is 0 Å². The van der Waals surface area contributed by atoms with Gasteiger partial charge in [0.25, 0.3) is 0 Å². The van der Waals surface area contributed by atoms with Crippen molar-refractivity contribution in [3.8, 4) is 17.0 Å². The normalized spacial score (nSPS) is 17.5. The van der Waals surface area contributed by atoms with Crippen LogP contribution in [0, 0.1) is 11.8 Å². The van der Waals surface area contributed by atoms with E-state index in [9.17, 15) is 9.59 Å². The van der Waals surface area contributed by atoms with Crippen molar-refractivity contribution in [1.82, 2.24) is 14.9 Å². The summed E-state index contributed by atoms with van der Waals surface area (Å²) in [4.78, 5) is 35.4. The number of aromatic amines is 1. The SMILES string of the molecule is CN(C)C(=O)C1CC(=O)c2c([nH]c(-c3ccncc3OCC3CC3)c2Cc2ccccc2)C1. The van der Waals surface area contributed by atoms with Crippen molar-refractivity contribution in [3.05, 3.63) is 71.2 Å². The molecule has 170 valence electrons. The minimum atomic E-state index is -0.334. The zero-order chi connectivity index (χ0) is 22.9. The smallest absolute Gasteiger partial charge is 0.226 e. The molecule has 1 atom stereocenters. The number of ether oxygens (including phenoxy) is 1. The van der Waals surface area contributed by atoms with Gasteiger partial charge in [0.15, 0.2) is 5.78 Å². The molecule has 1 fully saturated rings. The summed E-state index contributed by atoms with van der Waals surface area (Å²) < 4.78 is 6.14. The topological polar surface area (TPSA) is 75.3 Å². The number of aromatic nitrogens is 2. The Labute approximate surface area is 194 Å². The molecule has 1 N–H and O–H groups in total. The van der Waals surface area contributed by atoms with Gasteiger partial charge >= 0.3 is 0 Å². The Bertz CT molecular complexity index is 1180. The molecule has 0 spiro atoms. The summed E-state index contributed by atoms with van der Waals surface area (Å²) in [6, 6.07) is 12.1. The van der Waals surface area contributed by atoms with E-state index in [1.54, 1.807) is 31.4 Å². The van der Waals surface area contributed by atoms with Crippen LogP contribution >= 0.6 is 0 Å². The van der Waals surface area contributed by atoms with Gasteiger partial charge in [-0.2, -0.15) is 0 Å². The van der Waals surface area contributed by atoms with E-state index in [1.807, 2.05) is 24.3 Å². The van der Waals surface area contributed by atoms with Gasteiger partial charge in [0, 0.05) is 56.4 Å². The summed E-state index contributed by atoms with van der Waals surface area (Å²) in [5, 5.41) is 0. The van der Waals surface area contributed by atoms with Crippen LogP contribution in [0.4, 0.5) is 0 Å². The highest BCUT2D eigenvalue weighted by Gasteiger charge is 2.35. The van der Waals surface area contributed by atoms with Crippen LogP contribution in [0.2, 0.25) is 0 Å². The Morgan fingerprint density at radius 3 is 2.67 bits per heavy atom. The van der Waals surface area contributed by atoms with Crippen molar-refractivity contribution in [2.75, 3.05) is 20.7 Å². The molecule has 1 aromatic carbocycles. The van der Waals surface area contributed by atoms with Crippen LogP contribution in [0.1, 0.15) is 46.4 Å². The molecule has 6 heteroatoms. The molecule has 1 unspecified atom stereocenters. The maximum absolute atomic E-state index is 13.4. The summed E-state index contributed by atoms with van der Waals surface area (Å²) in [7, 11) is 3.48. The molecule has 0 aliphatic heterocycles. The Morgan fingerprint density at radius 1 is 1.15 bits per heavy atom. The predicted octanol–water partition coefficient (Wildman–Crippen LogP) is 4.29. The summed E-state index contributed by atoms with van der Waals surface area (Å²) >= 11 is 0. The van der Waals surface area contributed by atoms with Gasteiger partial charge in [0.05, 0.1) is 24.4 Å². The number of nitrogens with zero attached hydrogens (tertiary/aromatic N) is 2. The molecular weight excluding hydrogens is 414 g/mol. The standard InChI is InChI=1S/C27H29N3O3/c1-30(2)27(32)19-13-22-25(23(31)14-19)21(12-17-6-4-3-5-7-17)26(29-22)20-10-11-28-15-24(20)33-16-18-8-9-18/h3-7,10-11,15,18-19,29H,8-9,12-14,16H2,1-2H3. The number of Topliss-reactive ketones (excluding diaryl/α,β-unsaturated/α-hetero) is 1. The first-order valence-electron chi connectivity index (χ1n) is 11.6. The number of carbonyl (C=O) groups excluding carboxylic acids is 2. The average molecular weight is 444 g/mol. The van der Waals surface area contributed by atoms with Gasteiger partial charge in [0.2, 0.25) is 5.91 Å². The summed E-state index contributed by atoms with van der Waals surface area (Å²) in [6.45, 7) is 0.686. The lowest BCUT2D eigenvalue weighted by atomic mass is 9.83. The molecule has 2 heterocycles. The van der Waals surface area contributed by atoms with Gasteiger partial charge in [0.1, 0.15) is 5.75 Å². The zero-order valence-corrected chi connectivity index (χ0v) is 19.1. The molecule has 1 saturated carbocycles. The number of nitrogens with one attached hydrogen (secondary N) is 1. The number of ketones is 1. The zero-order valence-electron chi connectivity index (χ0n) is 19.1. The number of fused-ring (bicyclic) bond motifs is 1. The van der Waals surface area contributed by atoms with Crippen LogP contribution in [0.15, 0.2) is 48.8 Å². The van der Waals surface area contributed by atoms with Crippen molar-refractivity contribution >= 4 is 11.7 Å². The summed E-state index contributed by atoms with van der Waals surface area (Å²) in [5.74, 6) is 1.04. The van der Waals surface area contributed by atoms with Crippen molar-refractivity contribution < 1.29 is 14.3 Å². The van der Waals surface area contributed by atoms with Crippen LogP contribution in [0.25, 0.3) is 11.3 Å². The van der Waals surface area contributed by atoms with E-state index in [0.29, 0.717) is 25.4 Å². The monoisotopic (exact) mass is 443 g/mol. The van der Waals surface area contributed by atoms with E-state index in [0.717, 1.165) is 39.4 Å². The quantitative estimate of drug-likeness (QED) is 0.591. The van der Waals surface area contributed by atoms with Crippen LogP contribution < -0.4 is 4.74 Å². The summed E-state index contributed by atoms with van der Waals surface area (Å²) in [5.41, 5.74) is 5.49. The van der Waals surface area contributed by atoms with Crippen LogP contribution in [0.3, 0.4) is 0 Å². The fourth-order valence-electron chi connectivity index (χ4n) is 4.67. The second-order valence-electron chi connectivity index (χ2n) is 9.38. The largest absolute Gasteiger partial charge is 0.491 e. The third-order valence-corrected chi connectivity index (χ3v) is 6.58. The summed E-state index contributed by atoms with van der Waals surface area (Å²) in [6.07, 6.45) is 7.33. The Balaban J connectivity index is 1.59. The van der Waals surface area contributed by atoms with Gasteiger partial charge in [-0.3, -0.25) is 14.6 Å². The Kier molecular flexibility index (Phi) is 5.75. The average Bonchev–Trinajstić information content (AvgIpc) is 3.58. The fourth-order valence-corrected chi connectivity index (χ4v) is 4.67. The maximum atomic E-state index is 13.4. The van der Waals surface area contributed by atoms with Gasteiger partial charge in [-0.1, -0.05) is 30.3 Å². The predicted molar refractivity (Wildman–Crippen MR) is 126 cm³/mol. The lowest BCUT2D eigenvalue weighted by molar-refractivity contribution is -0.133. The van der Waals surface area contributed by atoms with Crippen molar-refractivity contribution in [3.63, 3.8) is 0 Å². The molecule has 2 aliphatic carbocycles. The third kappa shape index (κ3) is 4.42. The molecule has 2 aromatic heterocycles. The van der Waals surface area contributed by atoms with E-state index in [2.05, 4.69) is 22.1 Å². The number of hydrogen-bond donors (Lipinski definition) is 1. The second-order valence-corrected chi connectivity index (χ2v) is 9.38. The molecule has 0 saturated heterocycles. The third-order valence-electron chi connectivity index (χ3n) is 6.58. The number of carbonyl (C=O) groups is 2. The molecular formula is C27H29N3O3. The number of pyridine rings is 1. The van der Waals surface area contributed by atoms with Crippen molar-refractivity contribution in [2.24, 2.45) is 11.8 Å². The number of benzene rings is 1. The number of amides is 1. The van der Waals surface area contributed by atoms with Gasteiger partial charge < -0.3 is 14.6 Å². The number of rotatable bonds is 7. The lowest BCUT2D eigenvalue weighted by Crippen LogP contribution is -2.35. The molecule has 0 bridgehead atoms. The number of hydrogen-bond acceptors (Lipinski definition) is 4. The number of H-pyrrole nitrogens is 1. The molecule has 1 amide bonds. The highest BCUT2D eigenvalue weighted by atomic mass is 16.5. The van der Waals surface area contributed by atoms with Gasteiger partial charge in [-0.05, 0) is 36.0 Å². The second kappa shape index (κ2) is 8.85. The Morgan fingerprint density at radius 2 is 1.94 bits per heavy atom. The van der Waals surface area contributed by atoms with E-state index in [4.69, 9.17) is 4.74 Å². The van der Waals surface area contributed by atoms with Crippen LogP contribution in [-0.2, 0) is 17.6 Å². The highest BCUT2D eigenvalue weighted by molar-refractivity contribution is 6.04. The molecule has 5 rings (SSSR count). The molecule has 0 radical (unpaired) electrons. The first-order chi connectivity index (χ1) is 16.0. The molecule has 2 aliphatic rings.